The lowest BCUT2D eigenvalue weighted by Gasteiger charge is -2.10. The Morgan fingerprint density at radius 1 is 0.900 bits per heavy atom. The molecule has 2 aromatic rings. The number of ether oxygens (including phenoxy) is 1. The highest BCUT2D eigenvalue weighted by molar-refractivity contribution is 5.64. The van der Waals surface area contributed by atoms with Crippen LogP contribution >= 0.6 is 0 Å². The van der Waals surface area contributed by atoms with E-state index < -0.39 is 6.36 Å². The topological polar surface area (TPSA) is 35.2 Å². The molecule has 0 radical (unpaired) electrons. The van der Waals surface area contributed by atoms with Crippen LogP contribution in [0.25, 0.3) is 11.1 Å². The van der Waals surface area contributed by atoms with Gasteiger partial charge in [0.15, 0.2) is 0 Å². The van der Waals surface area contributed by atoms with E-state index in [-0.39, 0.29) is 11.8 Å². The lowest BCUT2D eigenvalue weighted by Crippen LogP contribution is -2.16. The fraction of sp³-hybridized carbons (Fsp3) is 0.200. The molecule has 0 amide bonds. The Hall–Kier alpha value is -2.01. The molecule has 0 aliphatic heterocycles. The Balaban J connectivity index is 2.17. The van der Waals surface area contributed by atoms with Gasteiger partial charge in [0, 0.05) is 6.04 Å². The predicted octanol–water partition coefficient (Wildman–Crippen LogP) is 4.27. The van der Waals surface area contributed by atoms with Crippen LogP contribution in [-0.4, -0.2) is 6.36 Å². The minimum absolute atomic E-state index is 0.0494. The monoisotopic (exact) mass is 281 g/mol. The number of hydrogen-bond acceptors (Lipinski definition) is 2. The van der Waals surface area contributed by atoms with E-state index in [0.717, 1.165) is 16.7 Å². The molecule has 2 nitrogen and oxygen atoms in total. The maximum Gasteiger partial charge on any atom is 0.573 e. The van der Waals surface area contributed by atoms with Crippen molar-refractivity contribution in [1.29, 1.82) is 0 Å². The van der Waals surface area contributed by atoms with Crippen molar-refractivity contribution in [3.05, 3.63) is 54.1 Å². The first-order valence-corrected chi connectivity index (χ1v) is 6.07. The number of benzene rings is 2. The predicted molar refractivity (Wildman–Crippen MR) is 71.2 cm³/mol. The van der Waals surface area contributed by atoms with Gasteiger partial charge in [0.05, 0.1) is 0 Å². The minimum Gasteiger partial charge on any atom is -0.406 e. The van der Waals surface area contributed by atoms with Crippen LogP contribution < -0.4 is 10.5 Å². The summed E-state index contributed by atoms with van der Waals surface area (Å²) in [6, 6.07) is 13.3. The van der Waals surface area contributed by atoms with E-state index in [9.17, 15) is 13.2 Å². The molecule has 2 N–H and O–H groups in total. The van der Waals surface area contributed by atoms with E-state index in [4.69, 9.17) is 5.73 Å². The Bertz CT molecular complexity index is 559. The van der Waals surface area contributed by atoms with Crippen LogP contribution in [-0.2, 0) is 0 Å². The lowest BCUT2D eigenvalue weighted by molar-refractivity contribution is -0.274. The van der Waals surface area contributed by atoms with Crippen LogP contribution in [0.3, 0.4) is 0 Å². The molecule has 0 aliphatic carbocycles. The van der Waals surface area contributed by atoms with Crippen LogP contribution in [0.15, 0.2) is 48.5 Å². The zero-order chi connectivity index (χ0) is 14.8. The summed E-state index contributed by atoms with van der Waals surface area (Å²) in [5.41, 5.74) is 8.49. The Morgan fingerprint density at radius 3 is 1.75 bits per heavy atom. The van der Waals surface area contributed by atoms with Crippen molar-refractivity contribution in [2.75, 3.05) is 0 Å². The Labute approximate surface area is 115 Å². The summed E-state index contributed by atoms with van der Waals surface area (Å²) < 4.78 is 40.0. The van der Waals surface area contributed by atoms with Crippen molar-refractivity contribution in [1.82, 2.24) is 0 Å². The zero-order valence-corrected chi connectivity index (χ0v) is 10.8. The van der Waals surface area contributed by atoms with Crippen molar-refractivity contribution in [2.24, 2.45) is 5.73 Å². The van der Waals surface area contributed by atoms with Gasteiger partial charge in [0.1, 0.15) is 5.75 Å². The highest BCUT2D eigenvalue weighted by atomic mass is 19.4. The van der Waals surface area contributed by atoms with Gasteiger partial charge in [-0.05, 0) is 35.7 Å². The first-order chi connectivity index (χ1) is 9.35. The van der Waals surface area contributed by atoms with Gasteiger partial charge in [0.2, 0.25) is 0 Å². The van der Waals surface area contributed by atoms with E-state index in [1.54, 1.807) is 12.1 Å². The quantitative estimate of drug-likeness (QED) is 0.911. The van der Waals surface area contributed by atoms with E-state index >= 15 is 0 Å². The third-order valence-electron chi connectivity index (χ3n) is 2.86. The summed E-state index contributed by atoms with van der Waals surface area (Å²) in [5.74, 6) is -0.228. The molecule has 20 heavy (non-hydrogen) atoms. The van der Waals surface area contributed by atoms with Gasteiger partial charge in [-0.2, -0.15) is 0 Å². The van der Waals surface area contributed by atoms with E-state index in [1.165, 1.54) is 12.1 Å². The molecule has 0 aliphatic rings. The van der Waals surface area contributed by atoms with Crippen LogP contribution in [0.2, 0.25) is 0 Å². The molecule has 1 atom stereocenters. The molecule has 0 aromatic heterocycles. The molecule has 0 bridgehead atoms. The van der Waals surface area contributed by atoms with Gasteiger partial charge < -0.3 is 10.5 Å². The number of halogens is 3. The smallest absolute Gasteiger partial charge is 0.406 e. The first-order valence-electron chi connectivity index (χ1n) is 6.07. The van der Waals surface area contributed by atoms with Crippen molar-refractivity contribution in [2.45, 2.75) is 19.3 Å². The summed E-state index contributed by atoms with van der Waals surface area (Å²) in [4.78, 5) is 0. The Morgan fingerprint density at radius 2 is 1.35 bits per heavy atom. The zero-order valence-electron chi connectivity index (χ0n) is 10.8. The largest absolute Gasteiger partial charge is 0.573 e. The van der Waals surface area contributed by atoms with Gasteiger partial charge >= 0.3 is 6.36 Å². The average molecular weight is 281 g/mol. The molecular formula is C15H14F3NO. The number of rotatable bonds is 3. The standard InChI is InChI=1S/C15H14F3NO/c1-10(19)11-2-4-12(5-3-11)13-6-8-14(9-7-13)20-15(16,17)18/h2-10H,19H2,1H3/t10-/m1/s1. The van der Waals surface area contributed by atoms with E-state index in [2.05, 4.69) is 4.74 Å². The highest BCUT2D eigenvalue weighted by Gasteiger charge is 2.30. The first kappa shape index (κ1) is 14.4. The molecule has 0 heterocycles. The minimum atomic E-state index is -4.67. The average Bonchev–Trinajstić information content (AvgIpc) is 2.38. The van der Waals surface area contributed by atoms with E-state index in [0.29, 0.717) is 0 Å². The number of hydrogen-bond donors (Lipinski definition) is 1. The van der Waals surface area contributed by atoms with Crippen LogP contribution in [0.5, 0.6) is 5.75 Å². The molecule has 2 rings (SSSR count). The second kappa shape index (κ2) is 5.54. The fourth-order valence-corrected chi connectivity index (χ4v) is 1.83. The molecule has 0 fully saturated rings. The Kier molecular flexibility index (Phi) is 3.99. The summed E-state index contributed by atoms with van der Waals surface area (Å²) in [6.45, 7) is 1.89. The number of nitrogens with two attached hydrogens (primary N) is 1. The normalized spacial score (nSPS) is 13.1. The summed E-state index contributed by atoms with van der Waals surface area (Å²) in [6.07, 6.45) is -4.67. The molecule has 0 spiro atoms. The van der Waals surface area contributed by atoms with Gasteiger partial charge in [-0.15, -0.1) is 13.2 Å². The second-order valence-corrected chi connectivity index (χ2v) is 4.48. The maximum absolute atomic E-state index is 12.1. The van der Waals surface area contributed by atoms with Crippen molar-refractivity contribution in [3.8, 4) is 16.9 Å². The molecule has 0 unspecified atom stereocenters. The fourth-order valence-electron chi connectivity index (χ4n) is 1.83. The molecule has 0 saturated carbocycles. The highest BCUT2D eigenvalue weighted by Crippen LogP contribution is 2.27. The summed E-state index contributed by atoms with van der Waals surface area (Å²) in [5, 5.41) is 0. The third-order valence-corrected chi connectivity index (χ3v) is 2.86. The van der Waals surface area contributed by atoms with Gasteiger partial charge in [-0.3, -0.25) is 0 Å². The van der Waals surface area contributed by atoms with Crippen LogP contribution in [0.1, 0.15) is 18.5 Å². The van der Waals surface area contributed by atoms with Gasteiger partial charge in [-0.25, -0.2) is 0 Å². The van der Waals surface area contributed by atoms with Crippen LogP contribution in [0.4, 0.5) is 13.2 Å². The van der Waals surface area contributed by atoms with Gasteiger partial charge in [0.25, 0.3) is 0 Å². The molecule has 106 valence electrons. The third kappa shape index (κ3) is 3.74. The van der Waals surface area contributed by atoms with Crippen LogP contribution in [0, 0.1) is 0 Å². The SMILES string of the molecule is C[C@@H](N)c1ccc(-c2ccc(OC(F)(F)F)cc2)cc1. The molecule has 0 saturated heterocycles. The maximum atomic E-state index is 12.1. The van der Waals surface area contributed by atoms with Crippen molar-refractivity contribution < 1.29 is 17.9 Å². The number of alkyl halides is 3. The second-order valence-electron chi connectivity index (χ2n) is 4.48. The van der Waals surface area contributed by atoms with Gasteiger partial charge in [-0.1, -0.05) is 36.4 Å². The lowest BCUT2D eigenvalue weighted by atomic mass is 10.0. The van der Waals surface area contributed by atoms with Crippen molar-refractivity contribution >= 4 is 0 Å². The molecule has 5 heteroatoms. The molecular weight excluding hydrogens is 267 g/mol. The van der Waals surface area contributed by atoms with Crippen molar-refractivity contribution in [3.63, 3.8) is 0 Å². The summed E-state index contributed by atoms with van der Waals surface area (Å²) in [7, 11) is 0. The molecule has 2 aromatic carbocycles. The van der Waals surface area contributed by atoms with E-state index in [1.807, 2.05) is 31.2 Å². The summed E-state index contributed by atoms with van der Waals surface area (Å²) >= 11 is 0.